The molecular formula is C18H14ClN5O2S. The van der Waals surface area contributed by atoms with E-state index in [-0.39, 0.29) is 0 Å². The summed E-state index contributed by atoms with van der Waals surface area (Å²) in [5.74, 6) is 2.58. The van der Waals surface area contributed by atoms with Crippen molar-refractivity contribution in [2.75, 3.05) is 0 Å². The minimum absolute atomic E-state index is 0.352. The van der Waals surface area contributed by atoms with Crippen molar-refractivity contribution in [3.63, 3.8) is 0 Å². The zero-order valence-corrected chi connectivity index (χ0v) is 15.7. The summed E-state index contributed by atoms with van der Waals surface area (Å²) in [7, 11) is 0. The number of aromatic nitrogens is 5. The van der Waals surface area contributed by atoms with Crippen LogP contribution in [0.1, 0.15) is 5.89 Å². The lowest BCUT2D eigenvalue weighted by Gasteiger charge is -2.07. The maximum atomic E-state index is 5.97. The number of thioether (sulfide) groups is 1. The van der Waals surface area contributed by atoms with Gasteiger partial charge in [0.15, 0.2) is 16.7 Å². The van der Waals surface area contributed by atoms with Crippen LogP contribution in [-0.2, 0) is 12.3 Å². The predicted molar refractivity (Wildman–Crippen MR) is 102 cm³/mol. The third-order valence-electron chi connectivity index (χ3n) is 3.65. The second-order valence-corrected chi connectivity index (χ2v) is 6.86. The summed E-state index contributed by atoms with van der Waals surface area (Å²) in [5.41, 5.74) is 0.929. The molecule has 0 saturated heterocycles. The molecule has 0 N–H and O–H groups in total. The molecule has 0 bridgehead atoms. The van der Waals surface area contributed by atoms with Gasteiger partial charge >= 0.3 is 0 Å². The van der Waals surface area contributed by atoms with Gasteiger partial charge in [0.2, 0.25) is 5.89 Å². The summed E-state index contributed by atoms with van der Waals surface area (Å²) in [6.07, 6.45) is 3.36. The van der Waals surface area contributed by atoms with Gasteiger partial charge in [0.25, 0.3) is 5.89 Å². The molecule has 9 heteroatoms. The van der Waals surface area contributed by atoms with Crippen molar-refractivity contribution in [2.24, 2.45) is 0 Å². The first-order valence-corrected chi connectivity index (χ1v) is 9.40. The number of benzene rings is 1. The molecule has 4 rings (SSSR count). The molecule has 0 saturated carbocycles. The van der Waals surface area contributed by atoms with Gasteiger partial charge in [-0.3, -0.25) is 4.57 Å². The number of furan rings is 1. The van der Waals surface area contributed by atoms with Gasteiger partial charge in [-0.1, -0.05) is 29.4 Å². The number of hydrogen-bond acceptors (Lipinski definition) is 7. The smallest absolute Gasteiger partial charge is 0.283 e. The Hall–Kier alpha value is -2.84. The first-order valence-electron chi connectivity index (χ1n) is 8.03. The molecule has 0 fully saturated rings. The van der Waals surface area contributed by atoms with E-state index in [1.54, 1.807) is 24.5 Å². The molecule has 0 radical (unpaired) electrons. The Morgan fingerprint density at radius 2 is 1.96 bits per heavy atom. The van der Waals surface area contributed by atoms with Crippen LogP contribution in [0, 0.1) is 0 Å². The third kappa shape index (κ3) is 3.81. The summed E-state index contributed by atoms with van der Waals surface area (Å²) in [6, 6.07) is 11.0. The molecule has 136 valence electrons. The first kappa shape index (κ1) is 17.6. The maximum Gasteiger partial charge on any atom is 0.283 e. The molecule has 0 unspecified atom stereocenters. The molecule has 3 heterocycles. The van der Waals surface area contributed by atoms with Crippen LogP contribution in [0.25, 0.3) is 23.0 Å². The number of allylic oxidation sites excluding steroid dienone is 1. The summed E-state index contributed by atoms with van der Waals surface area (Å²) < 4.78 is 12.9. The van der Waals surface area contributed by atoms with Gasteiger partial charge in [0, 0.05) is 17.1 Å². The normalized spacial score (nSPS) is 11.0. The van der Waals surface area contributed by atoms with Gasteiger partial charge < -0.3 is 8.83 Å². The SMILES string of the molecule is C=CCn1c(SCc2nnc(-c3ccco3)o2)nnc1-c1ccc(Cl)cc1. The zero-order valence-electron chi connectivity index (χ0n) is 14.1. The summed E-state index contributed by atoms with van der Waals surface area (Å²) in [5, 5.41) is 18.1. The van der Waals surface area contributed by atoms with Crippen molar-refractivity contribution >= 4 is 23.4 Å². The lowest BCUT2D eigenvalue weighted by molar-refractivity contribution is 0.494. The Kier molecular flexibility index (Phi) is 5.08. The van der Waals surface area contributed by atoms with E-state index >= 15 is 0 Å². The average Bonchev–Trinajstić information content (AvgIpc) is 3.42. The van der Waals surface area contributed by atoms with Crippen LogP contribution in [0.4, 0.5) is 0 Å². The van der Waals surface area contributed by atoms with Crippen molar-refractivity contribution in [1.29, 1.82) is 0 Å². The zero-order chi connectivity index (χ0) is 18.6. The van der Waals surface area contributed by atoms with Crippen molar-refractivity contribution in [3.8, 4) is 23.0 Å². The molecular weight excluding hydrogens is 386 g/mol. The van der Waals surface area contributed by atoms with Gasteiger partial charge in [-0.25, -0.2) is 0 Å². The standard InChI is InChI=1S/C18H14ClN5O2S/c1-2-9-24-16(12-5-7-13(19)8-6-12)21-23-18(24)27-11-15-20-22-17(26-15)14-4-3-10-25-14/h2-8,10H,1,9,11H2. The fourth-order valence-electron chi connectivity index (χ4n) is 2.44. The highest BCUT2D eigenvalue weighted by atomic mass is 35.5. The van der Waals surface area contributed by atoms with Crippen LogP contribution in [0.15, 0.2) is 69.3 Å². The van der Waals surface area contributed by atoms with Crippen LogP contribution in [-0.4, -0.2) is 25.0 Å². The van der Waals surface area contributed by atoms with Crippen LogP contribution >= 0.6 is 23.4 Å². The van der Waals surface area contributed by atoms with E-state index in [4.69, 9.17) is 20.4 Å². The Morgan fingerprint density at radius 3 is 2.70 bits per heavy atom. The molecule has 0 aliphatic heterocycles. The number of rotatable bonds is 7. The van der Waals surface area contributed by atoms with Crippen LogP contribution in [0.3, 0.4) is 0 Å². The number of hydrogen-bond donors (Lipinski definition) is 0. The largest absolute Gasteiger partial charge is 0.459 e. The lowest BCUT2D eigenvalue weighted by Crippen LogP contribution is -2.00. The molecule has 0 atom stereocenters. The molecule has 3 aromatic heterocycles. The van der Waals surface area contributed by atoms with Gasteiger partial charge in [0.1, 0.15) is 0 Å². The van der Waals surface area contributed by atoms with Crippen LogP contribution in [0.5, 0.6) is 0 Å². The molecule has 0 aliphatic rings. The van der Waals surface area contributed by atoms with E-state index in [2.05, 4.69) is 27.0 Å². The minimum Gasteiger partial charge on any atom is -0.459 e. The Balaban J connectivity index is 1.53. The summed E-state index contributed by atoms with van der Waals surface area (Å²) >= 11 is 7.43. The number of nitrogens with zero attached hydrogens (tertiary/aromatic N) is 5. The monoisotopic (exact) mass is 399 g/mol. The van der Waals surface area contributed by atoms with Gasteiger partial charge in [0.05, 0.1) is 12.0 Å². The molecule has 0 aliphatic carbocycles. The summed E-state index contributed by atoms with van der Waals surface area (Å²) in [4.78, 5) is 0. The summed E-state index contributed by atoms with van der Waals surface area (Å²) in [6.45, 7) is 4.40. The average molecular weight is 400 g/mol. The predicted octanol–water partition coefficient (Wildman–Crippen LogP) is 4.72. The maximum absolute atomic E-state index is 5.97. The molecule has 7 nitrogen and oxygen atoms in total. The van der Waals surface area contributed by atoms with E-state index in [0.717, 1.165) is 16.5 Å². The minimum atomic E-state index is 0.352. The van der Waals surface area contributed by atoms with Crippen molar-refractivity contribution in [3.05, 3.63) is 66.2 Å². The lowest BCUT2D eigenvalue weighted by atomic mass is 10.2. The molecule has 4 aromatic rings. The first-order chi connectivity index (χ1) is 13.2. The highest BCUT2D eigenvalue weighted by Crippen LogP contribution is 2.28. The molecule has 1 aromatic carbocycles. The van der Waals surface area contributed by atoms with E-state index < -0.39 is 0 Å². The molecule has 27 heavy (non-hydrogen) atoms. The van der Waals surface area contributed by atoms with E-state index in [0.29, 0.717) is 34.9 Å². The van der Waals surface area contributed by atoms with Crippen molar-refractivity contribution in [2.45, 2.75) is 17.5 Å². The van der Waals surface area contributed by atoms with Crippen molar-refractivity contribution in [1.82, 2.24) is 25.0 Å². The van der Waals surface area contributed by atoms with Crippen molar-refractivity contribution < 1.29 is 8.83 Å². The second-order valence-electron chi connectivity index (χ2n) is 5.48. The molecule has 0 amide bonds. The van der Waals surface area contributed by atoms with E-state index in [1.165, 1.54) is 11.8 Å². The topological polar surface area (TPSA) is 82.8 Å². The van der Waals surface area contributed by atoms with Crippen LogP contribution < -0.4 is 0 Å². The Bertz CT molecular complexity index is 1040. The quantitative estimate of drug-likeness (QED) is 0.328. The van der Waals surface area contributed by atoms with Gasteiger partial charge in [-0.2, -0.15) is 0 Å². The van der Waals surface area contributed by atoms with E-state index in [9.17, 15) is 0 Å². The van der Waals surface area contributed by atoms with Gasteiger partial charge in [-0.05, 0) is 36.4 Å². The fourth-order valence-corrected chi connectivity index (χ4v) is 3.35. The fraction of sp³-hybridized carbons (Fsp3) is 0.111. The second kappa shape index (κ2) is 7.81. The molecule has 0 spiro atoms. The number of halogens is 1. The van der Waals surface area contributed by atoms with Crippen LogP contribution in [0.2, 0.25) is 5.02 Å². The Morgan fingerprint density at radius 1 is 1.11 bits per heavy atom. The third-order valence-corrected chi connectivity index (χ3v) is 4.86. The highest BCUT2D eigenvalue weighted by molar-refractivity contribution is 7.98. The van der Waals surface area contributed by atoms with Gasteiger partial charge in [-0.15, -0.1) is 27.0 Å². The Labute approximate surface area is 164 Å². The highest BCUT2D eigenvalue weighted by Gasteiger charge is 2.16. The van der Waals surface area contributed by atoms with E-state index in [1.807, 2.05) is 28.8 Å².